The molecule has 4 nitrogen and oxygen atoms in total. The number of ketones is 1. The molecule has 8 heteroatoms. The first-order chi connectivity index (χ1) is 21.2. The van der Waals surface area contributed by atoms with Gasteiger partial charge in [0.05, 0.1) is 12.2 Å². The number of halogens is 1. The zero-order chi connectivity index (χ0) is 36.6. The number of Topliss-reactive ketones (excluding diaryl/α,β-unsaturated/α-hetero) is 1. The molecule has 47 heavy (non-hydrogen) atoms. The second kappa shape index (κ2) is 17.8. The largest absolute Gasteiger partial charge is 0.417 e. The first-order valence-corrected chi connectivity index (χ1v) is 27.6. The quantitative estimate of drug-likeness (QED) is 0.0679. The van der Waals surface area contributed by atoms with Crippen LogP contribution in [0.1, 0.15) is 115 Å². The van der Waals surface area contributed by atoms with Gasteiger partial charge in [-0.2, -0.15) is 0 Å². The van der Waals surface area contributed by atoms with Gasteiger partial charge in [0.2, 0.25) is 0 Å². The molecule has 1 saturated carbocycles. The minimum atomic E-state index is -2.09. The summed E-state index contributed by atoms with van der Waals surface area (Å²) in [5.74, 6) is 6.80. The predicted molar refractivity (Wildman–Crippen MR) is 216 cm³/mol. The van der Waals surface area contributed by atoms with E-state index in [0.717, 1.165) is 36.8 Å². The molecule has 0 spiro atoms. The van der Waals surface area contributed by atoms with Gasteiger partial charge in [-0.05, 0) is 97.4 Å². The fraction of sp³-hybridized carbons (Fsp3) is 0.821. The van der Waals surface area contributed by atoms with E-state index in [-0.39, 0.29) is 45.1 Å². The minimum Gasteiger partial charge on any atom is -0.417 e. The lowest BCUT2D eigenvalue weighted by atomic mass is 9.89. The molecule has 0 heterocycles. The molecule has 0 radical (unpaired) electrons. The van der Waals surface area contributed by atoms with Crippen molar-refractivity contribution in [3.63, 3.8) is 0 Å². The van der Waals surface area contributed by atoms with Crippen molar-refractivity contribution in [2.45, 2.75) is 181 Å². The van der Waals surface area contributed by atoms with Gasteiger partial charge in [0.1, 0.15) is 5.78 Å². The molecule has 1 rings (SSSR count). The second-order valence-corrected chi connectivity index (χ2v) is 33.9. The maximum atomic E-state index is 13.7. The first-order valence-electron chi connectivity index (χ1n) is 18.1. The van der Waals surface area contributed by atoms with E-state index in [2.05, 4.69) is 155 Å². The molecule has 0 aliphatic heterocycles. The average molecular weight is 770 g/mol. The summed E-state index contributed by atoms with van der Waals surface area (Å²) in [6.07, 6.45) is 11.7. The molecule has 0 saturated heterocycles. The maximum absolute atomic E-state index is 13.7. The molecule has 0 aromatic rings. The molecule has 5 atom stereocenters. The molecule has 272 valence electrons. The van der Waals surface area contributed by atoms with Gasteiger partial charge in [0.15, 0.2) is 25.0 Å². The summed E-state index contributed by atoms with van der Waals surface area (Å²) >= 11 is 3.87. The molecule has 1 aliphatic rings. The van der Waals surface area contributed by atoms with E-state index >= 15 is 0 Å². The minimum absolute atomic E-state index is 0.00513. The van der Waals surface area contributed by atoms with Gasteiger partial charge >= 0.3 is 0 Å². The van der Waals surface area contributed by atoms with Crippen LogP contribution in [0.3, 0.4) is 0 Å². The van der Waals surface area contributed by atoms with Crippen LogP contribution < -0.4 is 0 Å². The Morgan fingerprint density at radius 1 is 0.915 bits per heavy atom. The fourth-order valence-corrected chi connectivity index (χ4v) is 9.33. The Morgan fingerprint density at radius 3 is 1.98 bits per heavy atom. The Balaban J connectivity index is 3.27. The number of unbranched alkanes of at least 4 members (excludes halogenated alkanes) is 2. The van der Waals surface area contributed by atoms with Crippen LogP contribution in [0.5, 0.6) is 0 Å². The highest BCUT2D eigenvalue weighted by Crippen LogP contribution is 2.45. The molecular formula is C39H73BrO4Si3. The molecule has 1 aliphatic carbocycles. The topological polar surface area (TPSA) is 44.8 Å². The van der Waals surface area contributed by atoms with E-state index in [9.17, 15) is 4.79 Å². The number of rotatable bonds is 16. The van der Waals surface area contributed by atoms with Gasteiger partial charge in [-0.1, -0.05) is 103 Å². The van der Waals surface area contributed by atoms with Crippen molar-refractivity contribution >= 4 is 46.7 Å². The van der Waals surface area contributed by atoms with Gasteiger partial charge in [-0.15, -0.1) is 11.8 Å². The van der Waals surface area contributed by atoms with Gasteiger partial charge in [-0.3, -0.25) is 4.79 Å². The Morgan fingerprint density at radius 2 is 1.47 bits per heavy atom. The van der Waals surface area contributed by atoms with Crippen molar-refractivity contribution in [1.82, 2.24) is 0 Å². The summed E-state index contributed by atoms with van der Waals surface area (Å²) in [6.45, 7) is 39.4. The van der Waals surface area contributed by atoms with Gasteiger partial charge < -0.3 is 13.3 Å². The van der Waals surface area contributed by atoms with Crippen LogP contribution in [0.4, 0.5) is 0 Å². The van der Waals surface area contributed by atoms with Crippen LogP contribution in [0.2, 0.25) is 54.4 Å². The van der Waals surface area contributed by atoms with E-state index in [0.29, 0.717) is 18.6 Å². The summed E-state index contributed by atoms with van der Waals surface area (Å²) in [4.78, 5) is 13.7. The summed E-state index contributed by atoms with van der Waals surface area (Å²) in [7, 11) is -5.84. The Hall–Kier alpha value is -0.279. The van der Waals surface area contributed by atoms with Crippen molar-refractivity contribution in [2.24, 2.45) is 17.8 Å². The zero-order valence-corrected chi connectivity index (χ0v) is 38.2. The number of hydrogen-bond acceptors (Lipinski definition) is 4. The van der Waals surface area contributed by atoms with Crippen LogP contribution in [0.15, 0.2) is 22.7 Å². The summed E-state index contributed by atoms with van der Waals surface area (Å²) in [5, 5.41) is 0.402. The lowest BCUT2D eigenvalue weighted by Crippen LogP contribution is -2.45. The molecule has 0 aromatic carbocycles. The number of allylic oxidation sites excluding steroid dienone is 2. The molecule has 1 fully saturated rings. The average Bonchev–Trinajstić information content (AvgIpc) is 3.17. The van der Waals surface area contributed by atoms with Crippen molar-refractivity contribution in [3.8, 4) is 11.8 Å². The van der Waals surface area contributed by atoms with Crippen LogP contribution in [0, 0.1) is 29.6 Å². The van der Waals surface area contributed by atoms with Gasteiger partial charge in [0.25, 0.3) is 0 Å². The lowest BCUT2D eigenvalue weighted by Gasteiger charge is -2.40. The highest BCUT2D eigenvalue weighted by atomic mass is 79.9. The van der Waals surface area contributed by atoms with Crippen LogP contribution in [-0.2, 0) is 18.1 Å². The third kappa shape index (κ3) is 13.8. The highest BCUT2D eigenvalue weighted by Gasteiger charge is 2.47. The van der Waals surface area contributed by atoms with Crippen molar-refractivity contribution in [2.75, 3.05) is 6.61 Å². The smallest absolute Gasteiger partial charge is 0.192 e. The van der Waals surface area contributed by atoms with E-state index in [1.54, 1.807) is 0 Å². The molecular weight excluding hydrogens is 697 g/mol. The monoisotopic (exact) mass is 768 g/mol. The highest BCUT2D eigenvalue weighted by molar-refractivity contribution is 9.11. The Labute approximate surface area is 303 Å². The summed E-state index contributed by atoms with van der Waals surface area (Å²) in [5.41, 5.74) is 0. The van der Waals surface area contributed by atoms with E-state index in [1.807, 2.05) is 6.92 Å². The van der Waals surface area contributed by atoms with Crippen molar-refractivity contribution < 1.29 is 18.1 Å². The number of hydrogen-bond donors (Lipinski definition) is 0. The van der Waals surface area contributed by atoms with Crippen LogP contribution in [-0.4, -0.2) is 49.6 Å². The standard InChI is InChI=1S/C39H73BrO4Si3/c1-18-19-23-30(2)35(43-46(14,15)38(6,7)8)26-25-32-33(34(41)29-36(32)44-47(16,17)39(9,10)11)28-31(40)24-21-20-22-27-42-45(12,13)37(3,4)5/h24-26,30,32-33,35-36H,20-23,27-29H2,1-17H3/b26-25+,31-24-/t30?,32-,33-,35-,36-/m1/s1. The zero-order valence-electron chi connectivity index (χ0n) is 33.6. The second-order valence-electron chi connectivity index (χ2n) is 18.6. The predicted octanol–water partition coefficient (Wildman–Crippen LogP) is 12.4. The fourth-order valence-electron chi connectivity index (χ4n) is 4.96. The molecule has 0 bridgehead atoms. The van der Waals surface area contributed by atoms with E-state index in [4.69, 9.17) is 13.3 Å². The third-order valence-corrected chi connectivity index (χ3v) is 25.7. The summed E-state index contributed by atoms with van der Waals surface area (Å²) < 4.78 is 21.5. The third-order valence-electron chi connectivity index (χ3n) is 11.5. The van der Waals surface area contributed by atoms with Crippen LogP contribution in [0.25, 0.3) is 0 Å². The molecule has 0 aromatic heterocycles. The lowest BCUT2D eigenvalue weighted by molar-refractivity contribution is -0.121. The maximum Gasteiger partial charge on any atom is 0.192 e. The molecule has 0 N–H and O–H groups in total. The van der Waals surface area contributed by atoms with Crippen LogP contribution >= 0.6 is 15.9 Å². The first kappa shape index (κ1) is 44.7. The number of carbonyl (C=O) groups is 1. The summed E-state index contributed by atoms with van der Waals surface area (Å²) in [6, 6.07) is 0. The van der Waals surface area contributed by atoms with Gasteiger partial charge in [0, 0.05) is 31.3 Å². The SMILES string of the molecule is CC#CCC(C)[C@@H](/C=C/[C@H]1[C@H](O[Si](C)(C)C(C)(C)C)CC(=O)[C@@H]1C/C(Br)=C/CCCCO[Si](C)(C)C(C)(C)C)O[Si](C)(C)C(C)(C)C. The van der Waals surface area contributed by atoms with Gasteiger partial charge in [-0.25, -0.2) is 0 Å². The van der Waals surface area contributed by atoms with E-state index in [1.165, 1.54) is 0 Å². The molecule has 1 unspecified atom stereocenters. The van der Waals surface area contributed by atoms with Crippen molar-refractivity contribution in [1.29, 1.82) is 0 Å². The molecule has 0 amide bonds. The number of carbonyl (C=O) groups excluding carboxylic acids is 1. The Kier molecular flexibility index (Phi) is 16.9. The normalized spacial score (nSPS) is 22.0. The van der Waals surface area contributed by atoms with Crippen molar-refractivity contribution in [3.05, 3.63) is 22.7 Å². The Bertz CT molecular complexity index is 1130. The van der Waals surface area contributed by atoms with E-state index < -0.39 is 25.0 Å².